The van der Waals surface area contributed by atoms with Crippen molar-refractivity contribution in [3.63, 3.8) is 0 Å². The van der Waals surface area contributed by atoms with Crippen LogP contribution in [0.25, 0.3) is 0 Å². The summed E-state index contributed by atoms with van der Waals surface area (Å²) in [6.45, 7) is 8.13. The van der Waals surface area contributed by atoms with E-state index in [1.165, 1.54) is 22.5 Å². The molecule has 2 aliphatic heterocycles. The van der Waals surface area contributed by atoms with E-state index in [1.807, 2.05) is 55.1 Å². The van der Waals surface area contributed by atoms with E-state index in [9.17, 15) is 28.1 Å². The SMILES string of the molecule is CC(C)C[C@@H](NC(=O)[C@H]1C[C@@H](N2CC(=O)N(c3ccccc3Cl)CC2(C)C)CN(S(=O)(=O)c2ccccc2[N+](=O)[O-])C1)c1ccccc1. The van der Waals surface area contributed by atoms with E-state index in [2.05, 4.69) is 19.2 Å². The summed E-state index contributed by atoms with van der Waals surface area (Å²) in [6.07, 6.45) is 0.969. The highest BCUT2D eigenvalue weighted by molar-refractivity contribution is 7.89. The number of sulfonamides is 1. The number of nitrogens with zero attached hydrogens (tertiary/aromatic N) is 4. The number of nitro benzene ring substituents is 1. The Morgan fingerprint density at radius 3 is 2.33 bits per heavy atom. The van der Waals surface area contributed by atoms with Gasteiger partial charge >= 0.3 is 0 Å². The summed E-state index contributed by atoms with van der Waals surface area (Å²) in [5, 5.41) is 15.5. The number of nitrogens with one attached hydrogen (secondary N) is 1. The Bertz CT molecular complexity index is 1770. The molecule has 2 fully saturated rings. The van der Waals surface area contributed by atoms with Crippen LogP contribution >= 0.6 is 11.6 Å². The van der Waals surface area contributed by atoms with Gasteiger partial charge in [0.1, 0.15) is 0 Å². The fourth-order valence-corrected chi connectivity index (χ4v) is 8.78. The lowest BCUT2D eigenvalue weighted by Gasteiger charge is -2.52. The lowest BCUT2D eigenvalue weighted by Crippen LogP contribution is -2.68. The molecule has 2 heterocycles. The number of para-hydroxylation sites is 2. The first kappa shape index (κ1) is 35.5. The summed E-state index contributed by atoms with van der Waals surface area (Å²) in [4.78, 5) is 42.1. The molecule has 5 rings (SSSR count). The minimum Gasteiger partial charge on any atom is -0.349 e. The van der Waals surface area contributed by atoms with Crippen molar-refractivity contribution in [1.29, 1.82) is 0 Å². The Kier molecular flexibility index (Phi) is 10.6. The number of amides is 2. The summed E-state index contributed by atoms with van der Waals surface area (Å²) < 4.78 is 29.5. The van der Waals surface area contributed by atoms with Crippen LogP contribution in [0, 0.1) is 22.0 Å². The molecule has 2 aliphatic rings. The third-order valence-corrected chi connectivity index (χ3v) is 11.4. The lowest BCUT2D eigenvalue weighted by atomic mass is 9.88. The van der Waals surface area contributed by atoms with Gasteiger partial charge in [0.15, 0.2) is 4.90 Å². The number of piperazine rings is 1. The molecule has 0 aromatic heterocycles. The molecule has 0 aliphatic carbocycles. The molecule has 256 valence electrons. The fourth-order valence-electron chi connectivity index (χ4n) is 6.86. The van der Waals surface area contributed by atoms with Gasteiger partial charge in [0.05, 0.1) is 34.1 Å². The number of piperidine rings is 1. The van der Waals surface area contributed by atoms with Gasteiger partial charge in [-0.15, -0.1) is 0 Å². The van der Waals surface area contributed by atoms with Crippen molar-refractivity contribution in [2.24, 2.45) is 11.8 Å². The first-order valence-corrected chi connectivity index (χ1v) is 17.9. The predicted octanol–water partition coefficient (Wildman–Crippen LogP) is 5.66. The summed E-state index contributed by atoms with van der Waals surface area (Å²) in [7, 11) is -4.41. The lowest BCUT2D eigenvalue weighted by molar-refractivity contribution is -0.387. The maximum absolute atomic E-state index is 14.2. The largest absolute Gasteiger partial charge is 0.349 e. The third-order valence-electron chi connectivity index (χ3n) is 9.18. The Labute approximate surface area is 287 Å². The second kappa shape index (κ2) is 14.3. The number of benzene rings is 3. The van der Waals surface area contributed by atoms with Gasteiger partial charge in [-0.25, -0.2) is 8.42 Å². The van der Waals surface area contributed by atoms with Crippen LogP contribution in [-0.2, 0) is 19.6 Å². The minimum atomic E-state index is -4.41. The van der Waals surface area contributed by atoms with Gasteiger partial charge in [-0.3, -0.25) is 24.6 Å². The number of carbonyl (C=O) groups is 2. The molecule has 3 aromatic carbocycles. The molecule has 3 aromatic rings. The maximum Gasteiger partial charge on any atom is 0.289 e. The van der Waals surface area contributed by atoms with Crippen LogP contribution < -0.4 is 10.2 Å². The van der Waals surface area contributed by atoms with E-state index in [-0.39, 0.29) is 50.0 Å². The van der Waals surface area contributed by atoms with Gasteiger partial charge in [-0.2, -0.15) is 4.31 Å². The number of nitro groups is 1. The summed E-state index contributed by atoms with van der Waals surface area (Å²) in [6, 6.07) is 21.1. The second-order valence-corrected chi connectivity index (χ2v) is 15.9. The molecule has 0 unspecified atom stereocenters. The van der Waals surface area contributed by atoms with Crippen LogP contribution in [-0.4, -0.2) is 72.1 Å². The Hall–Kier alpha value is -3.84. The second-order valence-electron chi connectivity index (χ2n) is 13.6. The Morgan fingerprint density at radius 2 is 1.67 bits per heavy atom. The van der Waals surface area contributed by atoms with Crippen molar-refractivity contribution < 1.29 is 22.9 Å². The zero-order valence-electron chi connectivity index (χ0n) is 27.6. The molecule has 48 heavy (non-hydrogen) atoms. The number of rotatable bonds is 10. The number of halogens is 1. The van der Waals surface area contributed by atoms with Crippen molar-refractivity contribution in [2.45, 2.75) is 63.1 Å². The molecular weight excluding hydrogens is 654 g/mol. The highest BCUT2D eigenvalue weighted by Gasteiger charge is 2.48. The summed E-state index contributed by atoms with van der Waals surface area (Å²) >= 11 is 6.46. The van der Waals surface area contributed by atoms with E-state index in [4.69, 9.17) is 11.6 Å². The standard InChI is InChI=1S/C35H42ClN5O6S/c1-24(2)18-29(25-12-6-5-7-13-25)37-34(43)26-19-27(21-38(20-26)48(46,47)32-17-11-10-16-31(32)41(44)45)40-22-33(42)39(23-35(40,3)4)30-15-9-8-14-28(30)36/h5-17,24,26-27,29H,18-23H2,1-4H3,(H,37,43)/t26-,27+,29+/m0/s1. The first-order chi connectivity index (χ1) is 22.7. The highest BCUT2D eigenvalue weighted by Crippen LogP contribution is 2.37. The minimum absolute atomic E-state index is 0.0312. The van der Waals surface area contributed by atoms with Gasteiger partial charge in [-0.1, -0.05) is 80.0 Å². The van der Waals surface area contributed by atoms with Crippen LogP contribution in [0.15, 0.2) is 83.8 Å². The van der Waals surface area contributed by atoms with Gasteiger partial charge < -0.3 is 10.2 Å². The van der Waals surface area contributed by atoms with Crippen LogP contribution in [0.1, 0.15) is 52.1 Å². The molecule has 2 saturated heterocycles. The van der Waals surface area contributed by atoms with E-state index in [1.54, 1.807) is 23.1 Å². The molecule has 0 spiro atoms. The van der Waals surface area contributed by atoms with Gasteiger partial charge in [0.2, 0.25) is 21.8 Å². The van der Waals surface area contributed by atoms with E-state index >= 15 is 0 Å². The normalized spacial score (nSPS) is 21.2. The molecule has 0 saturated carbocycles. The molecule has 0 bridgehead atoms. The van der Waals surface area contributed by atoms with Crippen molar-refractivity contribution in [2.75, 3.05) is 31.1 Å². The topological polar surface area (TPSA) is 133 Å². The molecule has 0 radical (unpaired) electrons. The quantitative estimate of drug-likeness (QED) is 0.214. The van der Waals surface area contributed by atoms with Gasteiger partial charge in [0, 0.05) is 37.3 Å². The monoisotopic (exact) mass is 695 g/mol. The van der Waals surface area contributed by atoms with Crippen LogP contribution in [0.2, 0.25) is 5.02 Å². The van der Waals surface area contributed by atoms with Crippen molar-refractivity contribution in [3.05, 3.63) is 99.6 Å². The number of hydrogen-bond acceptors (Lipinski definition) is 7. The van der Waals surface area contributed by atoms with E-state index in [0.717, 1.165) is 11.6 Å². The maximum atomic E-state index is 14.2. The molecule has 13 heteroatoms. The number of anilines is 1. The highest BCUT2D eigenvalue weighted by atomic mass is 35.5. The number of hydrogen-bond donors (Lipinski definition) is 1. The number of carbonyl (C=O) groups excluding carboxylic acids is 2. The Balaban J connectivity index is 1.49. The summed E-state index contributed by atoms with van der Waals surface area (Å²) in [5.41, 5.74) is 0.355. The Morgan fingerprint density at radius 1 is 1.02 bits per heavy atom. The predicted molar refractivity (Wildman–Crippen MR) is 185 cm³/mol. The smallest absolute Gasteiger partial charge is 0.289 e. The zero-order chi connectivity index (χ0) is 34.8. The zero-order valence-corrected chi connectivity index (χ0v) is 29.2. The van der Waals surface area contributed by atoms with Gasteiger partial charge in [-0.05, 0) is 56.4 Å². The average Bonchev–Trinajstić information content (AvgIpc) is 3.05. The summed E-state index contributed by atoms with van der Waals surface area (Å²) in [5.74, 6) is -1.03. The van der Waals surface area contributed by atoms with Crippen molar-refractivity contribution in [1.82, 2.24) is 14.5 Å². The van der Waals surface area contributed by atoms with Crippen molar-refractivity contribution in [3.8, 4) is 0 Å². The first-order valence-electron chi connectivity index (χ1n) is 16.1. The molecular formula is C35H42ClN5O6S. The molecule has 1 N–H and O–H groups in total. The average molecular weight is 696 g/mol. The van der Waals surface area contributed by atoms with E-state index < -0.39 is 43.0 Å². The van der Waals surface area contributed by atoms with E-state index in [0.29, 0.717) is 23.6 Å². The fraction of sp³-hybridized carbons (Fsp3) is 0.429. The molecule has 11 nitrogen and oxygen atoms in total. The van der Waals surface area contributed by atoms with Crippen LogP contribution in [0.5, 0.6) is 0 Å². The molecule has 3 atom stereocenters. The third kappa shape index (κ3) is 7.57. The molecule has 2 amide bonds. The van der Waals surface area contributed by atoms with Crippen LogP contribution in [0.3, 0.4) is 0 Å². The van der Waals surface area contributed by atoms with Gasteiger partial charge in [0.25, 0.3) is 5.69 Å². The van der Waals surface area contributed by atoms with Crippen LogP contribution in [0.4, 0.5) is 11.4 Å². The van der Waals surface area contributed by atoms with Crippen molar-refractivity contribution >= 4 is 44.8 Å².